The summed E-state index contributed by atoms with van der Waals surface area (Å²) in [7, 11) is 0. The second-order valence-electron chi connectivity index (χ2n) is 7.88. The quantitative estimate of drug-likeness (QED) is 0.567. The second-order valence-corrected chi connectivity index (χ2v) is 7.88. The Morgan fingerprint density at radius 2 is 1.83 bits per heavy atom. The lowest BCUT2D eigenvalue weighted by molar-refractivity contribution is 0.0897. The van der Waals surface area contributed by atoms with Crippen LogP contribution in [-0.4, -0.2) is 21.1 Å². The van der Waals surface area contributed by atoms with Gasteiger partial charge in [-0.2, -0.15) is 0 Å². The van der Waals surface area contributed by atoms with Gasteiger partial charge >= 0.3 is 0 Å². The maximum atomic E-state index is 12.8. The minimum Gasteiger partial charge on any atom is -0.344 e. The molecule has 2 aromatic heterocycles. The Morgan fingerprint density at radius 1 is 1.00 bits per heavy atom. The van der Waals surface area contributed by atoms with Gasteiger partial charge in [0.25, 0.3) is 5.91 Å². The summed E-state index contributed by atoms with van der Waals surface area (Å²) in [4.78, 5) is 19.4. The molecule has 0 spiro atoms. The van der Waals surface area contributed by atoms with Crippen LogP contribution in [0.2, 0.25) is 0 Å². The van der Waals surface area contributed by atoms with Crippen LogP contribution in [0.25, 0.3) is 16.7 Å². The minimum atomic E-state index is -0.501. The van der Waals surface area contributed by atoms with Crippen LogP contribution < -0.4 is 10.2 Å². The minimum absolute atomic E-state index is 0.0418. The normalized spacial score (nSPS) is 15.2. The summed E-state index contributed by atoms with van der Waals surface area (Å²) in [6.07, 6.45) is 3.82. The van der Waals surface area contributed by atoms with Crippen LogP contribution in [0.15, 0.2) is 79.1 Å². The smallest absolute Gasteiger partial charge is 0.255 e. The predicted octanol–water partition coefficient (Wildman–Crippen LogP) is 4.51. The van der Waals surface area contributed by atoms with Crippen molar-refractivity contribution in [3.05, 3.63) is 90.3 Å². The van der Waals surface area contributed by atoms with Crippen molar-refractivity contribution in [2.75, 3.05) is 4.90 Å². The van der Waals surface area contributed by atoms with E-state index in [2.05, 4.69) is 44.0 Å². The molecule has 5 rings (SSSR count). The molecule has 144 valence electrons. The van der Waals surface area contributed by atoms with Gasteiger partial charge in [0.1, 0.15) is 5.66 Å². The van der Waals surface area contributed by atoms with E-state index in [9.17, 15) is 4.79 Å². The van der Waals surface area contributed by atoms with Gasteiger partial charge in [-0.05, 0) is 55.8 Å². The van der Waals surface area contributed by atoms with Gasteiger partial charge in [0.15, 0.2) is 0 Å². The Balaban J connectivity index is 1.65. The molecule has 4 aromatic rings. The highest BCUT2D eigenvalue weighted by Crippen LogP contribution is 2.35. The van der Waals surface area contributed by atoms with Crippen molar-refractivity contribution in [3.63, 3.8) is 0 Å². The zero-order valence-corrected chi connectivity index (χ0v) is 16.5. The van der Waals surface area contributed by atoms with Crippen LogP contribution in [0.4, 0.5) is 5.69 Å². The predicted molar refractivity (Wildman–Crippen MR) is 115 cm³/mol. The van der Waals surface area contributed by atoms with Crippen LogP contribution in [0.5, 0.6) is 0 Å². The summed E-state index contributed by atoms with van der Waals surface area (Å²) in [5.41, 5.74) is 5.33. The van der Waals surface area contributed by atoms with Crippen LogP contribution in [0, 0.1) is 0 Å². The molecule has 0 atom stereocenters. The fourth-order valence-electron chi connectivity index (χ4n) is 4.04. The third kappa shape index (κ3) is 2.95. The Labute approximate surface area is 169 Å². The zero-order valence-electron chi connectivity index (χ0n) is 16.5. The van der Waals surface area contributed by atoms with Crippen molar-refractivity contribution >= 4 is 22.6 Å². The van der Waals surface area contributed by atoms with Crippen LogP contribution >= 0.6 is 0 Å². The van der Waals surface area contributed by atoms with E-state index in [1.807, 2.05) is 62.5 Å². The first-order chi connectivity index (χ1) is 14.0. The monoisotopic (exact) mass is 382 g/mol. The molecule has 2 aromatic carbocycles. The molecule has 0 fully saturated rings. The van der Waals surface area contributed by atoms with Crippen molar-refractivity contribution in [3.8, 4) is 5.69 Å². The van der Waals surface area contributed by atoms with Gasteiger partial charge in [0.2, 0.25) is 0 Å². The van der Waals surface area contributed by atoms with Gasteiger partial charge in [0.05, 0.1) is 22.3 Å². The fourth-order valence-corrected chi connectivity index (χ4v) is 4.04. The van der Waals surface area contributed by atoms with Gasteiger partial charge in [-0.15, -0.1) is 0 Å². The molecule has 3 heterocycles. The number of amides is 1. The van der Waals surface area contributed by atoms with Crippen molar-refractivity contribution in [1.82, 2.24) is 14.9 Å². The third-order valence-corrected chi connectivity index (χ3v) is 5.53. The third-order valence-electron chi connectivity index (χ3n) is 5.53. The van der Waals surface area contributed by atoms with Gasteiger partial charge in [-0.25, -0.2) is 0 Å². The van der Waals surface area contributed by atoms with Crippen molar-refractivity contribution in [2.24, 2.45) is 0 Å². The Kier molecular flexibility index (Phi) is 3.91. The second kappa shape index (κ2) is 6.48. The number of anilines is 1. The maximum Gasteiger partial charge on any atom is 0.255 e. The van der Waals surface area contributed by atoms with E-state index < -0.39 is 5.66 Å². The van der Waals surface area contributed by atoms with Gasteiger partial charge in [-0.1, -0.05) is 30.3 Å². The lowest BCUT2D eigenvalue weighted by Crippen LogP contribution is -2.60. The Hall–Kier alpha value is -3.60. The van der Waals surface area contributed by atoms with E-state index in [0.717, 1.165) is 22.4 Å². The molecule has 5 heteroatoms. The molecule has 1 amide bonds. The molecule has 1 aliphatic rings. The molecule has 0 aliphatic carbocycles. The Morgan fingerprint density at radius 3 is 2.66 bits per heavy atom. The molecule has 0 unspecified atom stereocenters. The van der Waals surface area contributed by atoms with Crippen LogP contribution in [-0.2, 0) is 6.54 Å². The summed E-state index contributed by atoms with van der Waals surface area (Å²) in [5.74, 6) is -0.0418. The average Bonchev–Trinajstić information content (AvgIpc) is 3.15. The summed E-state index contributed by atoms with van der Waals surface area (Å²) in [6.45, 7) is 4.79. The molecular formula is C24H22N4O. The lowest BCUT2D eigenvalue weighted by atomic mass is 9.99. The number of hydrogen-bond acceptors (Lipinski definition) is 3. The number of hydrogen-bond donors (Lipinski definition) is 1. The standard InChI is InChI=1S/C24H22N4O/c1-24(2)26-23(29)19-11-10-18(27-14-12-20-21(27)9-6-13-25-20)15-22(19)28(24)16-17-7-4-3-5-8-17/h3-15H,16H2,1-2H3,(H,26,29). The number of carbonyl (C=O) groups excluding carboxylic acids is 1. The maximum absolute atomic E-state index is 12.8. The number of benzene rings is 2. The molecule has 5 nitrogen and oxygen atoms in total. The summed E-state index contributed by atoms with van der Waals surface area (Å²) in [5, 5.41) is 3.14. The SMILES string of the molecule is CC1(C)NC(=O)c2ccc(-n3ccc4ncccc43)cc2N1Cc1ccccc1. The first kappa shape index (κ1) is 17.5. The number of carbonyl (C=O) groups is 1. The highest BCUT2D eigenvalue weighted by Gasteiger charge is 2.36. The van der Waals surface area contributed by atoms with Crippen molar-refractivity contribution < 1.29 is 4.79 Å². The van der Waals surface area contributed by atoms with E-state index in [-0.39, 0.29) is 5.91 Å². The number of fused-ring (bicyclic) bond motifs is 2. The Bertz CT molecular complexity index is 1210. The summed E-state index contributed by atoms with van der Waals surface area (Å²) < 4.78 is 2.11. The molecule has 0 radical (unpaired) electrons. The number of aromatic nitrogens is 2. The topological polar surface area (TPSA) is 50.2 Å². The largest absolute Gasteiger partial charge is 0.344 e. The van der Waals surface area contributed by atoms with E-state index in [1.165, 1.54) is 5.56 Å². The van der Waals surface area contributed by atoms with Gasteiger partial charge in [0, 0.05) is 24.6 Å². The van der Waals surface area contributed by atoms with E-state index in [1.54, 1.807) is 6.20 Å². The molecule has 0 bridgehead atoms. The fraction of sp³-hybridized carbons (Fsp3) is 0.167. The van der Waals surface area contributed by atoms with Gasteiger partial charge < -0.3 is 14.8 Å². The van der Waals surface area contributed by atoms with E-state index >= 15 is 0 Å². The molecule has 0 saturated heterocycles. The molecule has 29 heavy (non-hydrogen) atoms. The number of pyridine rings is 1. The van der Waals surface area contributed by atoms with Crippen LogP contribution in [0.1, 0.15) is 29.8 Å². The summed E-state index contributed by atoms with van der Waals surface area (Å²) >= 11 is 0. The summed E-state index contributed by atoms with van der Waals surface area (Å²) in [6, 6.07) is 22.3. The van der Waals surface area contributed by atoms with Crippen molar-refractivity contribution in [1.29, 1.82) is 0 Å². The van der Waals surface area contributed by atoms with E-state index in [0.29, 0.717) is 12.1 Å². The highest BCUT2D eigenvalue weighted by molar-refractivity contribution is 6.03. The van der Waals surface area contributed by atoms with Crippen LogP contribution in [0.3, 0.4) is 0 Å². The molecular weight excluding hydrogens is 360 g/mol. The number of nitrogens with one attached hydrogen (secondary N) is 1. The van der Waals surface area contributed by atoms with Crippen molar-refractivity contribution in [2.45, 2.75) is 26.1 Å². The van der Waals surface area contributed by atoms with Gasteiger partial charge in [-0.3, -0.25) is 9.78 Å². The average molecular weight is 382 g/mol. The molecule has 1 N–H and O–H groups in total. The first-order valence-corrected chi connectivity index (χ1v) is 9.73. The lowest BCUT2D eigenvalue weighted by Gasteiger charge is -2.45. The zero-order chi connectivity index (χ0) is 20.0. The number of rotatable bonds is 3. The first-order valence-electron chi connectivity index (χ1n) is 9.73. The van der Waals surface area contributed by atoms with E-state index in [4.69, 9.17) is 0 Å². The highest BCUT2D eigenvalue weighted by atomic mass is 16.2. The molecule has 0 saturated carbocycles. The molecule has 1 aliphatic heterocycles. The number of nitrogens with zero attached hydrogens (tertiary/aromatic N) is 3.